The van der Waals surface area contributed by atoms with E-state index in [4.69, 9.17) is 5.11 Å². The molecule has 1 atom stereocenters. The lowest BCUT2D eigenvalue weighted by Crippen LogP contribution is -2.44. The van der Waals surface area contributed by atoms with Gasteiger partial charge in [-0.15, -0.1) is 0 Å². The second kappa shape index (κ2) is 5.80. The monoisotopic (exact) mass is 311 g/mol. The van der Waals surface area contributed by atoms with Gasteiger partial charge in [0.05, 0.1) is 0 Å². The van der Waals surface area contributed by atoms with Crippen LogP contribution in [0.25, 0.3) is 0 Å². The zero-order chi connectivity index (χ0) is 15.7. The lowest BCUT2D eigenvalue weighted by Gasteiger charge is -2.18. The molecule has 0 bridgehead atoms. The van der Waals surface area contributed by atoms with E-state index in [0.717, 1.165) is 0 Å². The van der Waals surface area contributed by atoms with Crippen LogP contribution in [0.4, 0.5) is 13.2 Å². The Bertz CT molecular complexity index is 608. The molecule has 1 aromatic carbocycles. The Morgan fingerprint density at radius 3 is 2.00 bits per heavy atom. The Morgan fingerprint density at radius 1 is 1.20 bits per heavy atom. The van der Waals surface area contributed by atoms with Crippen LogP contribution in [-0.2, 0) is 14.8 Å². The molecule has 0 saturated carbocycles. The number of carbonyl (C=O) groups is 1. The summed E-state index contributed by atoms with van der Waals surface area (Å²) >= 11 is 0. The summed E-state index contributed by atoms with van der Waals surface area (Å²) in [6.45, 7) is 2.83. The third-order valence-corrected chi connectivity index (χ3v) is 3.94. The van der Waals surface area contributed by atoms with Crippen LogP contribution in [0.15, 0.2) is 17.0 Å². The fourth-order valence-corrected chi connectivity index (χ4v) is 2.94. The molecule has 20 heavy (non-hydrogen) atoms. The second-order valence-corrected chi connectivity index (χ2v) is 6.03. The molecule has 2 N–H and O–H groups in total. The largest absolute Gasteiger partial charge is 0.480 e. The van der Waals surface area contributed by atoms with Gasteiger partial charge in [0, 0.05) is 12.1 Å². The second-order valence-electron chi connectivity index (χ2n) is 4.38. The Balaban J connectivity index is 3.28. The van der Waals surface area contributed by atoms with Crippen molar-refractivity contribution in [2.45, 2.75) is 24.8 Å². The molecule has 0 amide bonds. The van der Waals surface area contributed by atoms with Crippen LogP contribution in [0, 0.1) is 23.4 Å². The van der Waals surface area contributed by atoms with E-state index < -0.39 is 50.3 Å². The highest BCUT2D eigenvalue weighted by atomic mass is 32.2. The number of sulfonamides is 1. The standard InChI is InChI=1S/C11H12F3NO4S/c1-5(2)9(11(16)17)15-20(18,19)10-7(13)3-6(12)4-8(10)14/h3-5,9,15H,1-2H3,(H,16,17)/t9-/m1/s1. The molecule has 0 aliphatic rings. The number of benzene rings is 1. The topological polar surface area (TPSA) is 83.5 Å². The number of aliphatic carboxylic acids is 1. The van der Waals surface area contributed by atoms with Gasteiger partial charge in [-0.1, -0.05) is 13.8 Å². The van der Waals surface area contributed by atoms with Crippen LogP contribution >= 0.6 is 0 Å². The lowest BCUT2D eigenvalue weighted by atomic mass is 10.1. The molecular weight excluding hydrogens is 299 g/mol. The summed E-state index contributed by atoms with van der Waals surface area (Å²) in [6, 6.07) is -1.17. The van der Waals surface area contributed by atoms with Gasteiger partial charge in [0.1, 0.15) is 23.5 Å². The first-order valence-electron chi connectivity index (χ1n) is 5.46. The molecule has 5 nitrogen and oxygen atoms in total. The lowest BCUT2D eigenvalue weighted by molar-refractivity contribution is -0.140. The van der Waals surface area contributed by atoms with Crippen molar-refractivity contribution >= 4 is 16.0 Å². The Labute approximate surface area is 113 Å². The highest BCUT2D eigenvalue weighted by Crippen LogP contribution is 2.21. The first kappa shape index (κ1) is 16.4. The molecular formula is C11H12F3NO4S. The number of carboxylic acid groups (broad SMARTS) is 1. The zero-order valence-corrected chi connectivity index (χ0v) is 11.3. The van der Waals surface area contributed by atoms with Crippen molar-refractivity contribution in [3.8, 4) is 0 Å². The van der Waals surface area contributed by atoms with Gasteiger partial charge in [0.2, 0.25) is 10.0 Å². The third kappa shape index (κ3) is 3.48. The Hall–Kier alpha value is -1.61. The van der Waals surface area contributed by atoms with Crippen molar-refractivity contribution in [3.05, 3.63) is 29.6 Å². The van der Waals surface area contributed by atoms with E-state index in [1.165, 1.54) is 13.8 Å². The highest BCUT2D eigenvalue weighted by molar-refractivity contribution is 7.89. The van der Waals surface area contributed by atoms with E-state index in [0.29, 0.717) is 0 Å². The van der Waals surface area contributed by atoms with Crippen molar-refractivity contribution in [3.63, 3.8) is 0 Å². The molecule has 0 saturated heterocycles. The van der Waals surface area contributed by atoms with Crippen LogP contribution < -0.4 is 4.72 Å². The molecule has 0 heterocycles. The van der Waals surface area contributed by atoms with Crippen LogP contribution in [0.1, 0.15) is 13.8 Å². The van der Waals surface area contributed by atoms with Gasteiger partial charge < -0.3 is 5.11 Å². The molecule has 0 aromatic heterocycles. The molecule has 0 radical (unpaired) electrons. The normalized spacial score (nSPS) is 13.5. The number of hydrogen-bond donors (Lipinski definition) is 2. The predicted octanol–water partition coefficient (Wildman–Crippen LogP) is 1.49. The zero-order valence-electron chi connectivity index (χ0n) is 10.5. The van der Waals surface area contributed by atoms with Gasteiger partial charge in [0.25, 0.3) is 0 Å². The fourth-order valence-electron chi connectivity index (χ4n) is 1.48. The summed E-state index contributed by atoms with van der Waals surface area (Å²) in [5.74, 6) is -6.70. The van der Waals surface area contributed by atoms with Crippen LogP contribution in [0.3, 0.4) is 0 Å². The average molecular weight is 311 g/mol. The highest BCUT2D eigenvalue weighted by Gasteiger charge is 2.32. The molecule has 0 spiro atoms. The van der Waals surface area contributed by atoms with E-state index in [1.54, 1.807) is 4.72 Å². The minimum Gasteiger partial charge on any atom is -0.480 e. The van der Waals surface area contributed by atoms with Crippen molar-refractivity contribution < 1.29 is 31.5 Å². The summed E-state index contributed by atoms with van der Waals surface area (Å²) in [4.78, 5) is 9.49. The summed E-state index contributed by atoms with van der Waals surface area (Å²) < 4.78 is 64.9. The molecule has 1 aromatic rings. The minimum atomic E-state index is -4.78. The van der Waals surface area contributed by atoms with Crippen LogP contribution in [-0.4, -0.2) is 25.5 Å². The number of halogens is 3. The summed E-state index contributed by atoms with van der Waals surface area (Å²) in [5, 5.41) is 8.86. The van der Waals surface area contributed by atoms with Gasteiger partial charge >= 0.3 is 5.97 Å². The van der Waals surface area contributed by atoms with E-state index in [-0.39, 0.29) is 12.1 Å². The molecule has 0 aliphatic carbocycles. The summed E-state index contributed by atoms with van der Waals surface area (Å²) in [7, 11) is -4.78. The van der Waals surface area contributed by atoms with Gasteiger partial charge in [-0.05, 0) is 5.92 Å². The summed E-state index contributed by atoms with van der Waals surface area (Å²) in [5.41, 5.74) is 0. The van der Waals surface area contributed by atoms with Gasteiger partial charge in [-0.3, -0.25) is 4.79 Å². The van der Waals surface area contributed by atoms with Crippen molar-refractivity contribution in [2.75, 3.05) is 0 Å². The third-order valence-electron chi connectivity index (χ3n) is 2.45. The number of hydrogen-bond acceptors (Lipinski definition) is 3. The molecule has 0 fully saturated rings. The van der Waals surface area contributed by atoms with Crippen LogP contribution in [0.2, 0.25) is 0 Å². The van der Waals surface area contributed by atoms with Crippen molar-refractivity contribution in [2.24, 2.45) is 5.92 Å². The maximum absolute atomic E-state index is 13.4. The van der Waals surface area contributed by atoms with E-state index >= 15 is 0 Å². The molecule has 0 unspecified atom stereocenters. The number of carboxylic acids is 1. The van der Waals surface area contributed by atoms with E-state index in [9.17, 15) is 26.4 Å². The van der Waals surface area contributed by atoms with E-state index in [1.807, 2.05) is 0 Å². The first-order valence-corrected chi connectivity index (χ1v) is 6.94. The molecule has 9 heteroatoms. The molecule has 0 aliphatic heterocycles. The maximum Gasteiger partial charge on any atom is 0.322 e. The fraction of sp³-hybridized carbons (Fsp3) is 0.364. The number of rotatable bonds is 5. The first-order chi connectivity index (χ1) is 9.06. The molecule has 112 valence electrons. The van der Waals surface area contributed by atoms with E-state index in [2.05, 4.69) is 0 Å². The smallest absolute Gasteiger partial charge is 0.322 e. The average Bonchev–Trinajstić information content (AvgIpc) is 2.23. The SMILES string of the molecule is CC(C)[C@@H](NS(=O)(=O)c1c(F)cc(F)cc1F)C(=O)O. The van der Waals surface area contributed by atoms with Gasteiger partial charge in [-0.25, -0.2) is 21.6 Å². The maximum atomic E-state index is 13.4. The van der Waals surface area contributed by atoms with Gasteiger partial charge in [-0.2, -0.15) is 4.72 Å². The Kier molecular flexibility index (Phi) is 4.77. The number of nitrogens with one attached hydrogen (secondary N) is 1. The quantitative estimate of drug-likeness (QED) is 0.863. The predicted molar refractivity (Wildman–Crippen MR) is 62.9 cm³/mol. The van der Waals surface area contributed by atoms with Crippen molar-refractivity contribution in [1.29, 1.82) is 0 Å². The van der Waals surface area contributed by atoms with Crippen LogP contribution in [0.5, 0.6) is 0 Å². The van der Waals surface area contributed by atoms with Gasteiger partial charge in [0.15, 0.2) is 4.90 Å². The Morgan fingerprint density at radius 2 is 1.65 bits per heavy atom. The molecule has 1 rings (SSSR count). The minimum absolute atomic E-state index is 0.197. The van der Waals surface area contributed by atoms with Crippen molar-refractivity contribution in [1.82, 2.24) is 4.72 Å². The summed E-state index contributed by atoms with van der Waals surface area (Å²) in [6.07, 6.45) is 0.